The van der Waals surface area contributed by atoms with Crippen molar-refractivity contribution in [2.75, 3.05) is 44.9 Å². The topological polar surface area (TPSA) is 211 Å². The molecular weight excluding hydrogens is 1010 g/mol. The molecule has 0 bridgehead atoms. The van der Waals surface area contributed by atoms with Gasteiger partial charge in [-0.3, -0.25) is 28.7 Å². The molecule has 20 heteroatoms. The lowest BCUT2D eigenvalue weighted by Crippen LogP contribution is -2.58. The van der Waals surface area contributed by atoms with Gasteiger partial charge in [0.25, 0.3) is 0 Å². The van der Waals surface area contributed by atoms with Crippen LogP contribution in [0.3, 0.4) is 0 Å². The zero-order valence-electron chi connectivity index (χ0n) is 43.3. The van der Waals surface area contributed by atoms with Crippen LogP contribution in [0.15, 0.2) is 83.3 Å². The van der Waals surface area contributed by atoms with E-state index >= 15 is 0 Å². The molecule has 75 heavy (non-hydrogen) atoms. The van der Waals surface area contributed by atoms with Gasteiger partial charge in [0, 0.05) is 72.5 Å². The maximum atomic E-state index is 14.0. The molecule has 5 heterocycles. The van der Waals surface area contributed by atoms with Crippen LogP contribution in [0.4, 0.5) is 5.69 Å². The van der Waals surface area contributed by atoms with Crippen molar-refractivity contribution < 1.29 is 38.5 Å². The van der Waals surface area contributed by atoms with Gasteiger partial charge in [-0.2, -0.15) is 0 Å². The third-order valence-corrected chi connectivity index (χ3v) is 15.5. The maximum absolute atomic E-state index is 14.0. The van der Waals surface area contributed by atoms with Crippen LogP contribution in [-0.4, -0.2) is 117 Å². The second-order valence-corrected chi connectivity index (χ2v) is 22.3. The highest BCUT2D eigenvalue weighted by Gasteiger charge is 2.44. The van der Waals surface area contributed by atoms with Crippen LogP contribution in [0.25, 0.3) is 15.4 Å². The van der Waals surface area contributed by atoms with Crippen molar-refractivity contribution in [1.29, 1.82) is 0 Å². The van der Waals surface area contributed by atoms with E-state index in [1.165, 1.54) is 9.78 Å². The minimum atomic E-state index is -0.963. The smallest absolute Gasteiger partial charge is 0.246 e. The van der Waals surface area contributed by atoms with Crippen molar-refractivity contribution in [3.05, 3.63) is 128 Å². The number of nitrogens with zero attached hydrogens (tertiary/aromatic N) is 6. The molecule has 0 aliphatic carbocycles. The summed E-state index contributed by atoms with van der Waals surface area (Å²) in [5, 5.41) is 29.8. The number of aliphatic imine (C=N–C) groups is 1. The molecule has 4 N–H and O–H groups in total. The monoisotopic (exact) mass is 1080 g/mol. The fourth-order valence-electron chi connectivity index (χ4n) is 9.02. The average molecular weight is 1080 g/mol. The Labute approximate surface area is 450 Å². The largest absolute Gasteiger partial charge is 0.494 e. The number of carbonyl (C=O) groups is 4. The lowest BCUT2D eigenvalue weighted by Gasteiger charge is -2.35. The number of hydrogen-bond donors (Lipinski definition) is 4. The first-order valence-electron chi connectivity index (χ1n) is 25.0. The standard InChI is InChI=1S/C55H64ClN9O8S2/c1-32-34(3)75-54-47(32)48(37-14-16-39(56)17-15-37)60-43(51-63-62-35(4)65(51)54)27-45(67)59-40-18-20-42(21-19-40)73-25-9-23-71-22-8-24-72-30-46(68)61-50(55(5,6)7)53(70)64-29-41(66)26-44(64)52(69)57-28-36-10-12-38(13-11-36)49-33(2)58-31-74-49/h10-21,31,41,43-44,50,66H,8-9,22-30H2,1-7H3,(H,57,69)(H,59,67)(H,61,68)/t41-,43-,44-,50+/m0/s1. The minimum absolute atomic E-state index is 0.0177. The summed E-state index contributed by atoms with van der Waals surface area (Å²) in [5.41, 5.74) is 8.43. The molecule has 0 saturated carbocycles. The number of carbonyl (C=O) groups excluding carboxylic acids is 4. The quantitative estimate of drug-likeness (QED) is 0.0504. The highest BCUT2D eigenvalue weighted by Crippen LogP contribution is 2.40. The van der Waals surface area contributed by atoms with E-state index < -0.39 is 41.5 Å². The number of hydrogen-bond acceptors (Lipinski definition) is 14. The molecule has 2 aliphatic heterocycles. The highest BCUT2D eigenvalue weighted by atomic mass is 35.5. The Hall–Kier alpha value is -6.35. The van der Waals surface area contributed by atoms with E-state index in [0.29, 0.717) is 54.9 Å². The van der Waals surface area contributed by atoms with Crippen molar-refractivity contribution in [2.24, 2.45) is 10.4 Å². The molecule has 1 fully saturated rings. The van der Waals surface area contributed by atoms with Gasteiger partial charge in [0.2, 0.25) is 23.6 Å². The van der Waals surface area contributed by atoms with Crippen molar-refractivity contribution in [1.82, 2.24) is 35.3 Å². The average Bonchev–Trinajstić information content (AvgIpc) is 4.16. The Morgan fingerprint density at radius 3 is 2.25 bits per heavy atom. The summed E-state index contributed by atoms with van der Waals surface area (Å²) < 4.78 is 19.3. The Kier molecular flexibility index (Phi) is 18.0. The van der Waals surface area contributed by atoms with Gasteiger partial charge < -0.3 is 40.2 Å². The van der Waals surface area contributed by atoms with Gasteiger partial charge in [-0.05, 0) is 92.6 Å². The van der Waals surface area contributed by atoms with Crippen LogP contribution in [0.2, 0.25) is 5.02 Å². The number of thiazole rings is 1. The number of nitrogens with one attached hydrogen (secondary N) is 3. The zero-order chi connectivity index (χ0) is 53.4. The van der Waals surface area contributed by atoms with Crippen molar-refractivity contribution in [3.63, 3.8) is 0 Å². The predicted molar refractivity (Wildman–Crippen MR) is 291 cm³/mol. The number of fused-ring (bicyclic) bond motifs is 3. The molecule has 3 aromatic heterocycles. The van der Waals surface area contributed by atoms with E-state index in [1.54, 1.807) is 46.9 Å². The van der Waals surface area contributed by atoms with Crippen LogP contribution < -0.4 is 20.7 Å². The molecule has 3 aromatic carbocycles. The number of amides is 4. The van der Waals surface area contributed by atoms with Gasteiger partial charge in [-0.1, -0.05) is 68.8 Å². The number of aliphatic hydroxyl groups is 1. The normalized spacial score (nSPS) is 16.6. The van der Waals surface area contributed by atoms with E-state index in [4.69, 9.17) is 30.8 Å². The van der Waals surface area contributed by atoms with Gasteiger partial charge in [-0.15, -0.1) is 32.9 Å². The molecule has 2 aliphatic rings. The number of ether oxygens (including phenoxy) is 3. The summed E-state index contributed by atoms with van der Waals surface area (Å²) in [7, 11) is 0. The first kappa shape index (κ1) is 54.9. The van der Waals surface area contributed by atoms with Crippen LogP contribution >= 0.6 is 34.3 Å². The molecule has 0 unspecified atom stereocenters. The second-order valence-electron chi connectivity index (χ2n) is 19.8. The maximum Gasteiger partial charge on any atom is 0.246 e. The minimum Gasteiger partial charge on any atom is -0.494 e. The van der Waals surface area contributed by atoms with Gasteiger partial charge in [-0.25, -0.2) is 4.98 Å². The van der Waals surface area contributed by atoms with Crippen LogP contribution in [-0.2, 0) is 35.2 Å². The number of aryl methyl sites for hydroxylation is 3. The van der Waals surface area contributed by atoms with Crippen molar-refractivity contribution in [3.8, 4) is 21.2 Å². The summed E-state index contributed by atoms with van der Waals surface area (Å²) >= 11 is 9.48. The third kappa shape index (κ3) is 13.6. The van der Waals surface area contributed by atoms with E-state index in [2.05, 4.69) is 45.0 Å². The second kappa shape index (κ2) is 24.5. The van der Waals surface area contributed by atoms with E-state index in [0.717, 1.165) is 54.9 Å². The van der Waals surface area contributed by atoms with Crippen molar-refractivity contribution >= 4 is 69.3 Å². The summed E-state index contributed by atoms with van der Waals surface area (Å²) in [6.45, 7) is 15.1. The number of anilines is 1. The Bertz CT molecular complexity index is 3000. The van der Waals surface area contributed by atoms with Crippen molar-refractivity contribution in [2.45, 2.75) is 105 Å². The Balaban J connectivity index is 0.723. The molecule has 1 saturated heterocycles. The molecule has 6 aromatic rings. The summed E-state index contributed by atoms with van der Waals surface area (Å²) in [6.07, 6.45) is 0.453. The molecular formula is C55H64ClN9O8S2. The molecule has 0 spiro atoms. The summed E-state index contributed by atoms with van der Waals surface area (Å²) in [4.78, 5) is 67.2. The van der Waals surface area contributed by atoms with Gasteiger partial charge in [0.1, 0.15) is 41.3 Å². The van der Waals surface area contributed by atoms with Gasteiger partial charge in [0.15, 0.2) is 5.82 Å². The molecule has 396 valence electrons. The SMILES string of the molecule is Cc1ncsc1-c1ccc(CNC(=O)[C@@H]2C[C@H](O)CN2C(=O)[C@@H](NC(=O)COCCCOCCCOc2ccc(NC(=O)C[C@@H]3N=C(c4ccc(Cl)cc4)c4c(sc(C)c4C)-n4c(C)nnc43)cc2)C(C)(C)C)cc1. The van der Waals surface area contributed by atoms with Crippen LogP contribution in [0.1, 0.15) is 97.0 Å². The molecule has 0 radical (unpaired) electrons. The summed E-state index contributed by atoms with van der Waals surface area (Å²) in [6, 6.07) is 20.2. The predicted octanol–water partition coefficient (Wildman–Crippen LogP) is 8.26. The Morgan fingerprint density at radius 1 is 0.867 bits per heavy atom. The molecule has 4 atom stereocenters. The highest BCUT2D eigenvalue weighted by molar-refractivity contribution is 7.15. The fourth-order valence-corrected chi connectivity index (χ4v) is 11.2. The van der Waals surface area contributed by atoms with E-state index in [9.17, 15) is 24.3 Å². The van der Waals surface area contributed by atoms with Gasteiger partial charge in [0.05, 0.1) is 40.9 Å². The summed E-state index contributed by atoms with van der Waals surface area (Å²) in [5.74, 6) is 0.474. The third-order valence-electron chi connectivity index (χ3n) is 13.1. The number of benzene rings is 3. The first-order valence-corrected chi connectivity index (χ1v) is 27.1. The van der Waals surface area contributed by atoms with Crippen LogP contribution in [0, 0.1) is 33.1 Å². The number of halogens is 1. The lowest BCUT2D eigenvalue weighted by molar-refractivity contribution is -0.144. The van der Waals surface area contributed by atoms with E-state index in [-0.39, 0.29) is 51.0 Å². The van der Waals surface area contributed by atoms with E-state index in [1.807, 2.05) is 93.2 Å². The first-order chi connectivity index (χ1) is 35.9. The number of aliphatic hydroxyl groups excluding tert-OH is 1. The molecule has 8 rings (SSSR count). The van der Waals surface area contributed by atoms with Crippen LogP contribution in [0.5, 0.6) is 5.75 Å². The van der Waals surface area contributed by atoms with Gasteiger partial charge >= 0.3 is 0 Å². The lowest BCUT2D eigenvalue weighted by atomic mass is 9.85. The molecule has 17 nitrogen and oxygen atoms in total. The fraction of sp³-hybridized carbons (Fsp3) is 0.418. The molecule has 4 amide bonds. The number of rotatable bonds is 21. The number of β-amino-alcohol motifs (C(OH)–C–C–N with tert-alkyl or cyclic N) is 1. The zero-order valence-corrected chi connectivity index (χ0v) is 45.7. The number of likely N-dealkylation sites (tertiary alicyclic amines) is 1. The number of thiophene rings is 1. The Morgan fingerprint density at radius 2 is 1.56 bits per heavy atom. The number of aromatic nitrogens is 4.